The number of aryl methyl sites for hydroxylation is 1. The Kier molecular flexibility index (Phi) is 5.20. The number of nitrogens with one attached hydrogen (secondary N) is 1. The van der Waals surface area contributed by atoms with Crippen LogP contribution < -0.4 is 5.32 Å². The molecule has 0 spiro atoms. The number of amides is 1. The monoisotopic (exact) mass is 449 g/mol. The van der Waals surface area contributed by atoms with Crippen molar-refractivity contribution < 1.29 is 9.21 Å². The van der Waals surface area contributed by atoms with Crippen LogP contribution in [0.3, 0.4) is 0 Å². The summed E-state index contributed by atoms with van der Waals surface area (Å²) in [6, 6.07) is 19.6. The zero-order valence-corrected chi connectivity index (χ0v) is 18.2. The maximum absolute atomic E-state index is 12.3. The van der Waals surface area contributed by atoms with Gasteiger partial charge >= 0.3 is 0 Å². The molecule has 0 aliphatic carbocycles. The van der Waals surface area contributed by atoms with Crippen molar-refractivity contribution in [3.05, 3.63) is 76.9 Å². The normalized spacial score (nSPS) is 16.6. The molecule has 1 saturated heterocycles. The van der Waals surface area contributed by atoms with Crippen LogP contribution in [0.15, 0.2) is 84.4 Å². The molecule has 1 N–H and O–H groups in total. The molecule has 1 aliphatic rings. The largest absolute Gasteiger partial charge is 0.450 e. The zero-order valence-electron chi connectivity index (χ0n) is 15.8. The molecule has 8 heteroatoms. The molecule has 1 amide bonds. The number of thiazole rings is 1. The van der Waals surface area contributed by atoms with Crippen molar-refractivity contribution in [3.8, 4) is 0 Å². The summed E-state index contributed by atoms with van der Waals surface area (Å²) in [5, 5.41) is 4.09. The van der Waals surface area contributed by atoms with E-state index in [1.165, 1.54) is 29.1 Å². The minimum atomic E-state index is -0.178. The summed E-state index contributed by atoms with van der Waals surface area (Å²) in [5.41, 5.74) is 2.95. The summed E-state index contributed by atoms with van der Waals surface area (Å²) in [6.45, 7) is 2.02. The fourth-order valence-corrected chi connectivity index (χ4v) is 5.59. The van der Waals surface area contributed by atoms with Crippen molar-refractivity contribution in [2.75, 3.05) is 0 Å². The quantitative estimate of drug-likeness (QED) is 0.374. The van der Waals surface area contributed by atoms with Crippen LogP contribution >= 0.6 is 34.9 Å². The van der Waals surface area contributed by atoms with Crippen LogP contribution in [0.2, 0.25) is 0 Å². The summed E-state index contributed by atoms with van der Waals surface area (Å²) in [4.78, 5) is 21.9. The van der Waals surface area contributed by atoms with Gasteiger partial charge < -0.3 is 9.73 Å². The molecule has 3 heterocycles. The fourth-order valence-electron chi connectivity index (χ4n) is 2.79. The molecule has 0 saturated carbocycles. The number of nitrogens with zero attached hydrogens (tertiary/aromatic N) is 2. The SMILES string of the molecule is Cc1ccc(N=C2NC(=O)/C(=C/c3ccc(Sc4nc5ccccc5s4)o3)S2)cc1. The number of hydrogen-bond acceptors (Lipinski definition) is 7. The maximum atomic E-state index is 12.3. The van der Waals surface area contributed by atoms with Crippen molar-refractivity contribution in [1.82, 2.24) is 10.3 Å². The first kappa shape index (κ1) is 19.2. The molecule has 2 aromatic heterocycles. The van der Waals surface area contributed by atoms with E-state index in [-0.39, 0.29) is 5.91 Å². The van der Waals surface area contributed by atoms with Crippen molar-refractivity contribution in [2.24, 2.45) is 4.99 Å². The highest BCUT2D eigenvalue weighted by Gasteiger charge is 2.24. The smallest absolute Gasteiger partial charge is 0.264 e. The van der Waals surface area contributed by atoms with Crippen LogP contribution in [-0.2, 0) is 4.79 Å². The van der Waals surface area contributed by atoms with E-state index in [2.05, 4.69) is 21.4 Å². The van der Waals surface area contributed by atoms with E-state index in [9.17, 15) is 4.79 Å². The van der Waals surface area contributed by atoms with Crippen LogP contribution in [0, 0.1) is 6.92 Å². The van der Waals surface area contributed by atoms with Crippen LogP contribution in [0.5, 0.6) is 0 Å². The molecule has 4 aromatic rings. The first-order valence-electron chi connectivity index (χ1n) is 9.12. The van der Waals surface area contributed by atoms with Gasteiger partial charge in [0.05, 0.1) is 20.8 Å². The van der Waals surface area contributed by atoms with E-state index >= 15 is 0 Å². The zero-order chi connectivity index (χ0) is 20.5. The van der Waals surface area contributed by atoms with Crippen LogP contribution in [-0.4, -0.2) is 16.1 Å². The predicted molar refractivity (Wildman–Crippen MR) is 124 cm³/mol. The number of para-hydroxylation sites is 1. The van der Waals surface area contributed by atoms with E-state index in [4.69, 9.17) is 4.42 Å². The molecule has 148 valence electrons. The second-order valence-corrected chi connectivity index (χ2v) is 9.84. The van der Waals surface area contributed by atoms with Gasteiger partial charge in [-0.1, -0.05) is 29.8 Å². The number of carbonyl (C=O) groups is 1. The van der Waals surface area contributed by atoms with Crippen LogP contribution in [0.25, 0.3) is 16.3 Å². The number of furan rings is 1. The Morgan fingerprint density at radius 1 is 1.10 bits per heavy atom. The first-order valence-corrected chi connectivity index (χ1v) is 11.6. The summed E-state index contributed by atoms with van der Waals surface area (Å²) in [7, 11) is 0. The lowest BCUT2D eigenvalue weighted by molar-refractivity contribution is -0.115. The Morgan fingerprint density at radius 2 is 1.93 bits per heavy atom. The third-order valence-electron chi connectivity index (χ3n) is 4.25. The number of aliphatic imine (C=N–C) groups is 1. The number of thioether (sulfide) groups is 1. The van der Waals surface area contributed by atoms with Crippen molar-refractivity contribution in [2.45, 2.75) is 16.4 Å². The number of carbonyl (C=O) groups excluding carboxylic acids is 1. The Bertz CT molecular complexity index is 1270. The van der Waals surface area contributed by atoms with Gasteiger partial charge in [0.15, 0.2) is 14.6 Å². The molecule has 30 heavy (non-hydrogen) atoms. The number of rotatable bonds is 4. The topological polar surface area (TPSA) is 67.5 Å². The summed E-state index contributed by atoms with van der Waals surface area (Å²) < 4.78 is 7.95. The Labute approximate surface area is 185 Å². The number of benzene rings is 2. The predicted octanol–water partition coefficient (Wildman–Crippen LogP) is 6.24. The van der Waals surface area contributed by atoms with Crippen LogP contribution in [0.4, 0.5) is 5.69 Å². The Morgan fingerprint density at radius 3 is 2.77 bits per heavy atom. The molecule has 5 nitrogen and oxygen atoms in total. The molecule has 0 radical (unpaired) electrons. The number of hydrogen-bond donors (Lipinski definition) is 1. The van der Waals surface area contributed by atoms with E-state index in [0.29, 0.717) is 15.8 Å². The van der Waals surface area contributed by atoms with E-state index in [0.717, 1.165) is 25.3 Å². The number of aromatic nitrogens is 1. The minimum absolute atomic E-state index is 0.178. The average molecular weight is 450 g/mol. The standard InChI is InChI=1S/C22H15N3O2S3/c1-13-6-8-14(9-7-13)23-21-25-20(26)18(28-21)12-15-10-11-19(27-15)30-22-24-16-4-2-3-5-17(16)29-22/h2-12H,1H3,(H,23,25,26)/b18-12-. The third-order valence-corrected chi connectivity index (χ3v) is 7.18. The van der Waals surface area contributed by atoms with E-state index in [1.54, 1.807) is 17.4 Å². The van der Waals surface area contributed by atoms with Gasteiger partial charge in [-0.2, -0.15) is 0 Å². The molecular weight excluding hydrogens is 434 g/mol. The van der Waals surface area contributed by atoms with Gasteiger partial charge in [0.2, 0.25) is 0 Å². The highest BCUT2D eigenvalue weighted by atomic mass is 32.2. The van der Waals surface area contributed by atoms with Crippen molar-refractivity contribution in [1.29, 1.82) is 0 Å². The summed E-state index contributed by atoms with van der Waals surface area (Å²) >= 11 is 4.41. The molecule has 0 atom stereocenters. The number of fused-ring (bicyclic) bond motifs is 1. The third kappa shape index (κ3) is 4.21. The van der Waals surface area contributed by atoms with Gasteiger partial charge in [-0.25, -0.2) is 9.98 Å². The first-order chi connectivity index (χ1) is 14.6. The molecule has 1 aliphatic heterocycles. The van der Waals surface area contributed by atoms with Crippen LogP contribution in [0.1, 0.15) is 11.3 Å². The lowest BCUT2D eigenvalue weighted by Crippen LogP contribution is -2.19. The fraction of sp³-hybridized carbons (Fsp3) is 0.0455. The van der Waals surface area contributed by atoms with Gasteiger partial charge in [-0.05, 0) is 66.8 Å². The molecule has 1 fully saturated rings. The average Bonchev–Trinajstić information content (AvgIpc) is 3.43. The van der Waals surface area contributed by atoms with Gasteiger partial charge in [-0.3, -0.25) is 4.79 Å². The minimum Gasteiger partial charge on any atom is -0.450 e. The maximum Gasteiger partial charge on any atom is 0.264 e. The summed E-state index contributed by atoms with van der Waals surface area (Å²) in [6.07, 6.45) is 1.74. The number of amidine groups is 1. The van der Waals surface area contributed by atoms with E-state index in [1.807, 2.05) is 61.5 Å². The van der Waals surface area contributed by atoms with Gasteiger partial charge in [0.1, 0.15) is 5.76 Å². The molecule has 0 bridgehead atoms. The van der Waals surface area contributed by atoms with E-state index < -0.39 is 0 Å². The Balaban J connectivity index is 1.31. The summed E-state index contributed by atoms with van der Waals surface area (Å²) in [5.74, 6) is 0.440. The lowest BCUT2D eigenvalue weighted by atomic mass is 10.2. The van der Waals surface area contributed by atoms with Crippen molar-refractivity contribution in [3.63, 3.8) is 0 Å². The van der Waals surface area contributed by atoms with Gasteiger partial charge in [0.25, 0.3) is 5.91 Å². The van der Waals surface area contributed by atoms with Gasteiger partial charge in [0, 0.05) is 6.08 Å². The lowest BCUT2D eigenvalue weighted by Gasteiger charge is -1.96. The second kappa shape index (κ2) is 8.14. The molecular formula is C22H15N3O2S3. The van der Waals surface area contributed by atoms with Crippen molar-refractivity contribution >= 4 is 67.9 Å². The molecule has 2 aromatic carbocycles. The molecule has 0 unspecified atom stereocenters. The Hall–Kier alpha value is -2.81. The second-order valence-electron chi connectivity index (χ2n) is 6.52. The van der Waals surface area contributed by atoms with Gasteiger partial charge in [-0.15, -0.1) is 11.3 Å². The highest BCUT2D eigenvalue weighted by Crippen LogP contribution is 2.36. The molecule has 5 rings (SSSR count). The highest BCUT2D eigenvalue weighted by molar-refractivity contribution is 8.18.